The predicted molar refractivity (Wildman–Crippen MR) is 91.8 cm³/mol. The van der Waals surface area contributed by atoms with Gasteiger partial charge in [0.2, 0.25) is 11.8 Å². The van der Waals surface area contributed by atoms with E-state index < -0.39 is 5.25 Å². The summed E-state index contributed by atoms with van der Waals surface area (Å²) in [5, 5.41) is 6.35. The van der Waals surface area contributed by atoms with Crippen LogP contribution in [0.2, 0.25) is 10.0 Å². The number of nitrogens with zero attached hydrogens (tertiary/aromatic N) is 1. The Morgan fingerprint density at radius 1 is 1.36 bits per heavy atom. The fourth-order valence-electron chi connectivity index (χ4n) is 1.83. The third-order valence-electron chi connectivity index (χ3n) is 2.77. The van der Waals surface area contributed by atoms with Crippen LogP contribution in [0.25, 0.3) is 0 Å². The molecule has 1 aromatic rings. The molecule has 0 saturated carbocycles. The van der Waals surface area contributed by atoms with Gasteiger partial charge < -0.3 is 10.6 Å². The minimum atomic E-state index is -0.467. The van der Waals surface area contributed by atoms with E-state index in [1.165, 1.54) is 11.8 Å². The van der Waals surface area contributed by atoms with Crippen LogP contribution in [0.5, 0.6) is 0 Å². The standard InChI is InChI=1S/C14H15Cl2N3O2S/c1-2-3-17-14-19-13(21)11(22-14)7-12(20)18-10-5-8(15)4-9(16)6-10/h4-6,11H,2-3,7H2,1H3,(H,18,20)(H,17,19,21). The number of nitrogens with one attached hydrogen (secondary N) is 2. The van der Waals surface area contributed by atoms with Gasteiger partial charge in [0.05, 0.1) is 0 Å². The first-order valence-electron chi connectivity index (χ1n) is 6.76. The maximum Gasteiger partial charge on any atom is 0.240 e. The third kappa shape index (κ3) is 4.90. The lowest BCUT2D eigenvalue weighted by atomic mass is 10.2. The van der Waals surface area contributed by atoms with E-state index in [0.717, 1.165) is 6.42 Å². The summed E-state index contributed by atoms with van der Waals surface area (Å²) in [5.41, 5.74) is 0.505. The van der Waals surface area contributed by atoms with Crippen LogP contribution in [0.15, 0.2) is 23.2 Å². The molecular formula is C14H15Cl2N3O2S. The summed E-state index contributed by atoms with van der Waals surface area (Å²) in [6.45, 7) is 2.66. The van der Waals surface area contributed by atoms with Gasteiger partial charge in [-0.3, -0.25) is 14.6 Å². The van der Waals surface area contributed by atoms with Gasteiger partial charge in [0.25, 0.3) is 0 Å². The number of anilines is 1. The zero-order valence-corrected chi connectivity index (χ0v) is 14.2. The summed E-state index contributed by atoms with van der Waals surface area (Å²) in [6, 6.07) is 4.78. The van der Waals surface area contributed by atoms with E-state index >= 15 is 0 Å². The van der Waals surface area contributed by atoms with Crippen LogP contribution >= 0.6 is 35.0 Å². The molecule has 0 radical (unpaired) electrons. The van der Waals surface area contributed by atoms with Crippen molar-refractivity contribution in [1.82, 2.24) is 5.32 Å². The van der Waals surface area contributed by atoms with Crippen LogP contribution in [0, 0.1) is 0 Å². The normalized spacial score (nSPS) is 19.3. The van der Waals surface area contributed by atoms with Crippen molar-refractivity contribution in [2.75, 3.05) is 11.9 Å². The summed E-state index contributed by atoms with van der Waals surface area (Å²) in [6.07, 6.45) is 0.965. The SMILES string of the molecule is CCCN=C1NC(=O)C(CC(=O)Nc2cc(Cl)cc(Cl)c2)S1. The zero-order chi connectivity index (χ0) is 16.1. The molecule has 0 aromatic heterocycles. The molecule has 1 atom stereocenters. The Hall–Kier alpha value is -1.24. The number of rotatable bonds is 5. The van der Waals surface area contributed by atoms with E-state index in [0.29, 0.717) is 27.4 Å². The quantitative estimate of drug-likeness (QED) is 0.846. The number of hydrogen-bond acceptors (Lipinski definition) is 4. The minimum absolute atomic E-state index is 0.0613. The zero-order valence-electron chi connectivity index (χ0n) is 11.9. The molecule has 1 aliphatic heterocycles. The first-order chi connectivity index (χ1) is 10.5. The highest BCUT2D eigenvalue weighted by Crippen LogP contribution is 2.25. The van der Waals surface area contributed by atoms with Crippen LogP contribution in [0.4, 0.5) is 5.69 Å². The highest BCUT2D eigenvalue weighted by molar-refractivity contribution is 8.15. The average Bonchev–Trinajstić information content (AvgIpc) is 2.75. The van der Waals surface area contributed by atoms with Gasteiger partial charge in [-0.05, 0) is 24.6 Å². The van der Waals surface area contributed by atoms with Gasteiger partial charge >= 0.3 is 0 Å². The molecule has 1 aromatic carbocycles. The maximum atomic E-state index is 12.0. The first kappa shape index (κ1) is 17.1. The number of hydrogen-bond donors (Lipinski definition) is 2. The summed E-state index contributed by atoms with van der Waals surface area (Å²) >= 11 is 13.0. The largest absolute Gasteiger partial charge is 0.326 e. The smallest absolute Gasteiger partial charge is 0.240 e. The van der Waals surface area contributed by atoms with Gasteiger partial charge in [0, 0.05) is 28.7 Å². The summed E-state index contributed by atoms with van der Waals surface area (Å²) < 4.78 is 0. The van der Waals surface area contributed by atoms with Gasteiger partial charge in [0.1, 0.15) is 5.25 Å². The number of aliphatic imine (C=N–C) groups is 1. The van der Waals surface area contributed by atoms with Crippen LogP contribution in [0.1, 0.15) is 19.8 Å². The van der Waals surface area contributed by atoms with E-state index in [4.69, 9.17) is 23.2 Å². The van der Waals surface area contributed by atoms with Crippen molar-refractivity contribution in [3.63, 3.8) is 0 Å². The van der Waals surface area contributed by atoms with Crippen molar-refractivity contribution in [2.24, 2.45) is 4.99 Å². The molecular weight excluding hydrogens is 345 g/mol. The molecule has 2 amide bonds. The molecule has 1 unspecified atom stereocenters. The third-order valence-corrected chi connectivity index (χ3v) is 4.33. The minimum Gasteiger partial charge on any atom is -0.326 e. The molecule has 0 aliphatic carbocycles. The van der Waals surface area contributed by atoms with Gasteiger partial charge in [0.15, 0.2) is 5.17 Å². The summed E-state index contributed by atoms with van der Waals surface area (Å²) in [7, 11) is 0. The lowest BCUT2D eigenvalue weighted by molar-refractivity contribution is -0.122. The van der Waals surface area contributed by atoms with Crippen molar-refractivity contribution in [1.29, 1.82) is 0 Å². The van der Waals surface area contributed by atoms with E-state index in [1.54, 1.807) is 18.2 Å². The molecule has 1 saturated heterocycles. The Kier molecular flexibility index (Phi) is 6.11. The molecule has 8 heteroatoms. The van der Waals surface area contributed by atoms with Crippen molar-refractivity contribution >= 4 is 57.6 Å². The van der Waals surface area contributed by atoms with Gasteiger partial charge in [-0.15, -0.1) is 0 Å². The van der Waals surface area contributed by atoms with Gasteiger partial charge in [-0.25, -0.2) is 0 Å². The second-order valence-electron chi connectivity index (χ2n) is 4.69. The maximum absolute atomic E-state index is 12.0. The Labute approximate surface area is 142 Å². The van der Waals surface area contributed by atoms with Crippen LogP contribution in [0.3, 0.4) is 0 Å². The van der Waals surface area contributed by atoms with Crippen molar-refractivity contribution < 1.29 is 9.59 Å². The molecule has 118 valence electrons. The van der Waals surface area contributed by atoms with Gasteiger partial charge in [-0.2, -0.15) is 0 Å². The summed E-state index contributed by atoms with van der Waals surface area (Å²) in [4.78, 5) is 28.1. The topological polar surface area (TPSA) is 70.6 Å². The molecule has 1 heterocycles. The lowest BCUT2D eigenvalue weighted by Crippen LogP contribution is -2.28. The number of amides is 2. The molecule has 0 bridgehead atoms. The predicted octanol–water partition coefficient (Wildman–Crippen LogP) is 3.32. The fraction of sp³-hybridized carbons (Fsp3) is 0.357. The van der Waals surface area contributed by atoms with Crippen molar-refractivity contribution in [2.45, 2.75) is 25.0 Å². The average molecular weight is 360 g/mol. The molecule has 1 aliphatic rings. The van der Waals surface area contributed by atoms with Crippen molar-refractivity contribution in [3.05, 3.63) is 28.2 Å². The van der Waals surface area contributed by atoms with E-state index in [1.807, 2.05) is 6.92 Å². The van der Waals surface area contributed by atoms with Crippen LogP contribution in [-0.4, -0.2) is 28.8 Å². The second kappa shape index (κ2) is 7.85. The number of benzene rings is 1. The fourth-order valence-corrected chi connectivity index (χ4v) is 3.36. The first-order valence-corrected chi connectivity index (χ1v) is 8.39. The molecule has 1 fully saturated rings. The molecule has 22 heavy (non-hydrogen) atoms. The molecule has 0 spiro atoms. The monoisotopic (exact) mass is 359 g/mol. The number of amidine groups is 1. The van der Waals surface area contributed by atoms with Gasteiger partial charge in [-0.1, -0.05) is 41.9 Å². The van der Waals surface area contributed by atoms with Crippen LogP contribution in [-0.2, 0) is 9.59 Å². The summed E-state index contributed by atoms with van der Waals surface area (Å²) in [5.74, 6) is -0.471. The van der Waals surface area contributed by atoms with Crippen molar-refractivity contribution in [3.8, 4) is 0 Å². The number of carbonyl (C=O) groups is 2. The highest BCUT2D eigenvalue weighted by Gasteiger charge is 2.31. The molecule has 2 rings (SSSR count). The number of thioether (sulfide) groups is 1. The van der Waals surface area contributed by atoms with E-state index in [9.17, 15) is 9.59 Å². The van der Waals surface area contributed by atoms with Crippen LogP contribution < -0.4 is 10.6 Å². The Balaban J connectivity index is 1.93. The Morgan fingerprint density at radius 3 is 2.68 bits per heavy atom. The molecule has 2 N–H and O–H groups in total. The van der Waals surface area contributed by atoms with E-state index in [2.05, 4.69) is 15.6 Å². The number of halogens is 2. The Bertz CT molecular complexity index is 602. The van der Waals surface area contributed by atoms with E-state index in [-0.39, 0.29) is 18.2 Å². The number of carbonyl (C=O) groups excluding carboxylic acids is 2. The lowest BCUT2D eigenvalue weighted by Gasteiger charge is -2.08. The Morgan fingerprint density at radius 2 is 2.05 bits per heavy atom. The second-order valence-corrected chi connectivity index (χ2v) is 6.76. The highest BCUT2D eigenvalue weighted by atomic mass is 35.5. The molecule has 5 nitrogen and oxygen atoms in total.